The summed E-state index contributed by atoms with van der Waals surface area (Å²) < 4.78 is 23.4. The summed E-state index contributed by atoms with van der Waals surface area (Å²) in [5, 5.41) is 9.48. The van der Waals surface area contributed by atoms with E-state index in [1.807, 2.05) is 0 Å². The molecule has 78 valence electrons. The zero-order valence-corrected chi connectivity index (χ0v) is 8.92. The van der Waals surface area contributed by atoms with Crippen LogP contribution in [0.3, 0.4) is 0 Å². The molecule has 1 aromatic heterocycles. The molecule has 1 rings (SSSR count). The normalized spacial score (nSPS) is 11.6. The van der Waals surface area contributed by atoms with Crippen LogP contribution in [-0.4, -0.2) is 24.3 Å². The summed E-state index contributed by atoms with van der Waals surface area (Å²) >= 11 is 0. The lowest BCUT2D eigenvalue weighted by molar-refractivity contribution is 0.405. The van der Waals surface area contributed by atoms with Crippen molar-refractivity contribution in [1.29, 1.82) is 0 Å². The first-order chi connectivity index (χ1) is 6.25. The SMILES string of the molecule is Cc1cc(=O)n(C)c(O)c1S(C)(=O)=O. The second-order valence-electron chi connectivity index (χ2n) is 3.15. The first-order valence-electron chi connectivity index (χ1n) is 3.85. The van der Waals surface area contributed by atoms with Crippen molar-refractivity contribution in [2.24, 2.45) is 7.05 Å². The Balaban J connectivity index is 3.79. The smallest absolute Gasteiger partial charge is 0.253 e. The number of hydrogen-bond acceptors (Lipinski definition) is 4. The number of rotatable bonds is 1. The van der Waals surface area contributed by atoms with Gasteiger partial charge >= 0.3 is 0 Å². The van der Waals surface area contributed by atoms with Crippen LogP contribution in [0, 0.1) is 6.92 Å². The lowest BCUT2D eigenvalue weighted by Gasteiger charge is -2.09. The van der Waals surface area contributed by atoms with Crippen LogP contribution in [0.1, 0.15) is 5.56 Å². The van der Waals surface area contributed by atoms with Gasteiger partial charge in [0.2, 0.25) is 5.88 Å². The first-order valence-corrected chi connectivity index (χ1v) is 5.74. The summed E-state index contributed by atoms with van der Waals surface area (Å²) in [6.07, 6.45) is 0.986. The van der Waals surface area contributed by atoms with Crippen LogP contribution >= 0.6 is 0 Å². The number of hydrogen-bond donors (Lipinski definition) is 1. The third-order valence-corrected chi connectivity index (χ3v) is 3.17. The van der Waals surface area contributed by atoms with E-state index in [1.54, 1.807) is 0 Å². The predicted octanol–water partition coefficient (Wildman–Crippen LogP) is -0.197. The molecule has 0 aliphatic rings. The lowest BCUT2D eigenvalue weighted by Crippen LogP contribution is -2.19. The number of aromatic nitrogens is 1. The van der Waals surface area contributed by atoms with E-state index >= 15 is 0 Å². The molecule has 0 spiro atoms. The van der Waals surface area contributed by atoms with Gasteiger partial charge in [0.1, 0.15) is 4.90 Å². The molecule has 0 amide bonds. The first kappa shape index (κ1) is 10.8. The van der Waals surface area contributed by atoms with Gasteiger partial charge in [-0.25, -0.2) is 8.42 Å². The fraction of sp³-hybridized carbons (Fsp3) is 0.375. The predicted molar refractivity (Wildman–Crippen MR) is 51.2 cm³/mol. The molecule has 5 nitrogen and oxygen atoms in total. The fourth-order valence-electron chi connectivity index (χ4n) is 1.24. The van der Waals surface area contributed by atoms with Crippen LogP contribution in [0.15, 0.2) is 15.8 Å². The Bertz CT molecular complexity index is 527. The van der Waals surface area contributed by atoms with Gasteiger partial charge in [0, 0.05) is 19.4 Å². The maximum Gasteiger partial charge on any atom is 0.253 e. The average molecular weight is 217 g/mol. The van der Waals surface area contributed by atoms with E-state index in [4.69, 9.17) is 0 Å². The Kier molecular flexibility index (Phi) is 2.41. The van der Waals surface area contributed by atoms with Crippen molar-refractivity contribution in [1.82, 2.24) is 4.57 Å². The third-order valence-electron chi connectivity index (χ3n) is 1.92. The minimum Gasteiger partial charge on any atom is -0.493 e. The van der Waals surface area contributed by atoms with Crippen LogP contribution in [0.4, 0.5) is 0 Å². The van der Waals surface area contributed by atoms with Crippen LogP contribution < -0.4 is 5.56 Å². The highest BCUT2D eigenvalue weighted by molar-refractivity contribution is 7.90. The van der Waals surface area contributed by atoms with Crippen LogP contribution in [0.25, 0.3) is 0 Å². The monoisotopic (exact) mass is 217 g/mol. The molecule has 1 heterocycles. The number of nitrogens with zero attached hydrogens (tertiary/aromatic N) is 1. The highest BCUT2D eigenvalue weighted by Crippen LogP contribution is 2.23. The molecule has 0 radical (unpaired) electrons. The maximum absolute atomic E-state index is 11.3. The topological polar surface area (TPSA) is 76.4 Å². The van der Waals surface area contributed by atoms with Gasteiger partial charge in [-0.05, 0) is 12.5 Å². The molecule has 0 saturated carbocycles. The zero-order valence-electron chi connectivity index (χ0n) is 8.10. The van der Waals surface area contributed by atoms with Gasteiger partial charge in [0.05, 0.1) is 0 Å². The number of aromatic hydroxyl groups is 1. The van der Waals surface area contributed by atoms with Crippen LogP contribution in [0.5, 0.6) is 5.88 Å². The molecule has 6 heteroatoms. The van der Waals surface area contributed by atoms with Gasteiger partial charge in [-0.1, -0.05) is 0 Å². The van der Waals surface area contributed by atoms with Crippen LogP contribution in [-0.2, 0) is 16.9 Å². The molecule has 0 atom stereocenters. The Hall–Kier alpha value is -1.30. The van der Waals surface area contributed by atoms with Crippen molar-refractivity contribution < 1.29 is 13.5 Å². The zero-order chi connectivity index (χ0) is 11.1. The van der Waals surface area contributed by atoms with Gasteiger partial charge in [0.15, 0.2) is 9.84 Å². The fourth-order valence-corrected chi connectivity index (χ4v) is 2.35. The molecule has 0 bridgehead atoms. The molecule has 0 aliphatic carbocycles. The maximum atomic E-state index is 11.3. The summed E-state index contributed by atoms with van der Waals surface area (Å²) in [6.45, 7) is 1.47. The highest BCUT2D eigenvalue weighted by Gasteiger charge is 2.19. The van der Waals surface area contributed by atoms with Gasteiger partial charge in [0.25, 0.3) is 5.56 Å². The van der Waals surface area contributed by atoms with Crippen molar-refractivity contribution in [2.45, 2.75) is 11.8 Å². The quantitative estimate of drug-likeness (QED) is 0.707. The number of sulfone groups is 1. The van der Waals surface area contributed by atoms with Gasteiger partial charge in [-0.3, -0.25) is 9.36 Å². The molecule has 0 unspecified atom stereocenters. The van der Waals surface area contributed by atoms with E-state index in [-0.39, 0.29) is 10.5 Å². The second-order valence-corrected chi connectivity index (χ2v) is 5.10. The van der Waals surface area contributed by atoms with Crippen molar-refractivity contribution in [3.05, 3.63) is 22.0 Å². The van der Waals surface area contributed by atoms with E-state index in [1.165, 1.54) is 20.0 Å². The van der Waals surface area contributed by atoms with Gasteiger partial charge in [-0.2, -0.15) is 0 Å². The van der Waals surface area contributed by atoms with E-state index in [0.29, 0.717) is 0 Å². The van der Waals surface area contributed by atoms with Crippen molar-refractivity contribution in [3.63, 3.8) is 0 Å². The van der Waals surface area contributed by atoms with Crippen molar-refractivity contribution >= 4 is 9.84 Å². The second kappa shape index (κ2) is 3.13. The molecule has 14 heavy (non-hydrogen) atoms. The highest BCUT2D eigenvalue weighted by atomic mass is 32.2. The molecule has 0 saturated heterocycles. The van der Waals surface area contributed by atoms with E-state index in [2.05, 4.69) is 0 Å². The summed E-state index contributed by atoms with van der Waals surface area (Å²) in [5.74, 6) is -0.516. The number of aryl methyl sites for hydroxylation is 1. The summed E-state index contributed by atoms with van der Waals surface area (Å²) in [5.41, 5.74) is -0.180. The molecule has 0 aromatic carbocycles. The van der Waals surface area contributed by atoms with Gasteiger partial charge < -0.3 is 5.11 Å². The summed E-state index contributed by atoms with van der Waals surface area (Å²) in [7, 11) is -2.20. The van der Waals surface area contributed by atoms with Crippen molar-refractivity contribution in [3.8, 4) is 5.88 Å². The average Bonchev–Trinajstić information content (AvgIpc) is 1.97. The van der Waals surface area contributed by atoms with Crippen LogP contribution in [0.2, 0.25) is 0 Å². The Morgan fingerprint density at radius 3 is 2.36 bits per heavy atom. The van der Waals surface area contributed by atoms with Gasteiger partial charge in [-0.15, -0.1) is 0 Å². The third kappa shape index (κ3) is 1.65. The molecule has 1 N–H and O–H groups in total. The number of pyridine rings is 1. The molecule has 1 aromatic rings. The summed E-state index contributed by atoms with van der Waals surface area (Å²) in [4.78, 5) is 11.0. The molecule has 0 fully saturated rings. The largest absolute Gasteiger partial charge is 0.493 e. The lowest BCUT2D eigenvalue weighted by atomic mass is 10.3. The summed E-state index contributed by atoms with van der Waals surface area (Å²) in [6, 6.07) is 1.18. The Labute approximate surface area is 81.5 Å². The molecule has 0 aliphatic heterocycles. The Morgan fingerprint density at radius 1 is 1.43 bits per heavy atom. The van der Waals surface area contributed by atoms with Crippen molar-refractivity contribution in [2.75, 3.05) is 6.26 Å². The Morgan fingerprint density at radius 2 is 1.93 bits per heavy atom. The van der Waals surface area contributed by atoms with E-state index in [0.717, 1.165) is 10.8 Å². The molecular formula is C8H11NO4S. The van der Waals surface area contributed by atoms with E-state index in [9.17, 15) is 18.3 Å². The van der Waals surface area contributed by atoms with E-state index < -0.39 is 21.3 Å². The molecular weight excluding hydrogens is 206 g/mol. The minimum absolute atomic E-state index is 0.195. The standard InChI is InChI=1S/C8H11NO4S/c1-5-4-6(10)9(2)8(11)7(5)14(3,12)13/h4,11H,1-3H3. The minimum atomic E-state index is -3.51.